The average Bonchev–Trinajstić information content (AvgIpc) is 3.03. The first-order valence-corrected chi connectivity index (χ1v) is 7.81. The van der Waals surface area contributed by atoms with Crippen LogP contribution in [-0.2, 0) is 0 Å². The zero-order valence-electron chi connectivity index (χ0n) is 11.3. The number of methoxy groups -OCH3 is 1. The molecule has 2 N–H and O–H groups in total. The molecule has 3 nitrogen and oxygen atoms in total. The second kappa shape index (κ2) is 5.43. The highest BCUT2D eigenvalue weighted by Crippen LogP contribution is 2.43. The van der Waals surface area contributed by atoms with E-state index < -0.39 is 0 Å². The summed E-state index contributed by atoms with van der Waals surface area (Å²) in [5.74, 6) is 1.83. The Kier molecular flexibility index (Phi) is 3.83. The molecule has 3 unspecified atom stereocenters. The molecule has 104 valence electrons. The monoisotopic (exact) mass is 324 g/mol. The van der Waals surface area contributed by atoms with Crippen molar-refractivity contribution in [2.75, 3.05) is 20.2 Å². The van der Waals surface area contributed by atoms with Crippen LogP contribution in [0.1, 0.15) is 30.9 Å². The van der Waals surface area contributed by atoms with E-state index in [1.54, 1.807) is 7.11 Å². The molecule has 1 saturated heterocycles. The largest absolute Gasteiger partial charge is 0.496 e. The van der Waals surface area contributed by atoms with E-state index in [-0.39, 0.29) is 6.04 Å². The van der Waals surface area contributed by atoms with E-state index in [0.717, 1.165) is 22.2 Å². The highest BCUT2D eigenvalue weighted by molar-refractivity contribution is 9.10. The summed E-state index contributed by atoms with van der Waals surface area (Å²) in [6.45, 7) is 1.85. The lowest BCUT2D eigenvalue weighted by atomic mass is 10.0. The van der Waals surface area contributed by atoms with Crippen molar-refractivity contribution < 1.29 is 4.74 Å². The molecule has 0 spiro atoms. The highest BCUT2D eigenvalue weighted by atomic mass is 79.9. The van der Waals surface area contributed by atoms with Gasteiger partial charge in [0.25, 0.3) is 0 Å². The van der Waals surface area contributed by atoms with Crippen LogP contribution >= 0.6 is 15.9 Å². The Morgan fingerprint density at radius 2 is 2.32 bits per heavy atom. The molecule has 1 aliphatic carbocycles. The fourth-order valence-electron chi connectivity index (χ4n) is 3.75. The number of likely N-dealkylation sites (tertiary alicyclic amines) is 1. The molecular formula is C15H21BrN2O. The Labute approximate surface area is 123 Å². The summed E-state index contributed by atoms with van der Waals surface area (Å²) in [6, 6.07) is 7.20. The van der Waals surface area contributed by atoms with Gasteiger partial charge in [-0.05, 0) is 43.4 Å². The van der Waals surface area contributed by atoms with Crippen molar-refractivity contribution in [3.8, 4) is 5.75 Å². The lowest BCUT2D eigenvalue weighted by Gasteiger charge is -2.35. The van der Waals surface area contributed by atoms with Crippen molar-refractivity contribution in [2.24, 2.45) is 11.7 Å². The van der Waals surface area contributed by atoms with E-state index in [9.17, 15) is 0 Å². The molecule has 1 aromatic rings. The summed E-state index contributed by atoms with van der Waals surface area (Å²) in [7, 11) is 1.73. The predicted molar refractivity (Wildman–Crippen MR) is 80.3 cm³/mol. The van der Waals surface area contributed by atoms with Crippen molar-refractivity contribution in [3.05, 3.63) is 28.2 Å². The Hall–Kier alpha value is -0.580. The van der Waals surface area contributed by atoms with E-state index in [1.807, 2.05) is 12.1 Å². The molecule has 3 atom stereocenters. The number of halogens is 1. The molecule has 4 heteroatoms. The molecule has 0 radical (unpaired) electrons. The summed E-state index contributed by atoms with van der Waals surface area (Å²) in [5.41, 5.74) is 7.29. The van der Waals surface area contributed by atoms with Gasteiger partial charge >= 0.3 is 0 Å². The van der Waals surface area contributed by atoms with Crippen LogP contribution in [0.5, 0.6) is 5.75 Å². The summed E-state index contributed by atoms with van der Waals surface area (Å²) >= 11 is 3.56. The summed E-state index contributed by atoms with van der Waals surface area (Å²) < 4.78 is 6.61. The average molecular weight is 325 g/mol. The lowest BCUT2D eigenvalue weighted by Crippen LogP contribution is -2.39. The van der Waals surface area contributed by atoms with Crippen LogP contribution in [0.3, 0.4) is 0 Å². The molecule has 3 rings (SSSR count). The third-order valence-corrected chi connectivity index (χ3v) is 5.12. The molecule has 1 aliphatic heterocycles. The van der Waals surface area contributed by atoms with E-state index in [2.05, 4.69) is 26.9 Å². The van der Waals surface area contributed by atoms with Crippen molar-refractivity contribution >= 4 is 15.9 Å². The maximum absolute atomic E-state index is 6.08. The quantitative estimate of drug-likeness (QED) is 0.925. The van der Waals surface area contributed by atoms with E-state index in [1.165, 1.54) is 31.4 Å². The molecule has 0 amide bonds. The standard InChI is InChI=1S/C15H21BrN2O/c1-19-15-5-3-11(16)7-13(15)14(8-17)18-9-10-2-4-12(18)6-10/h3,5,7,10,12,14H,2,4,6,8-9,17H2,1H3. The first-order chi connectivity index (χ1) is 9.22. The molecule has 0 aromatic heterocycles. The number of benzene rings is 1. The topological polar surface area (TPSA) is 38.5 Å². The molecule has 1 heterocycles. The second-order valence-electron chi connectivity index (χ2n) is 5.67. The van der Waals surface area contributed by atoms with Crippen LogP contribution in [0.25, 0.3) is 0 Å². The molecular weight excluding hydrogens is 304 g/mol. The van der Waals surface area contributed by atoms with Gasteiger partial charge in [0.05, 0.1) is 13.2 Å². The molecule has 2 fully saturated rings. The Bertz CT molecular complexity index is 465. The van der Waals surface area contributed by atoms with E-state index in [4.69, 9.17) is 10.5 Å². The van der Waals surface area contributed by atoms with Crippen molar-refractivity contribution in [1.29, 1.82) is 0 Å². The minimum Gasteiger partial charge on any atom is -0.496 e. The third kappa shape index (κ3) is 2.41. The molecule has 19 heavy (non-hydrogen) atoms. The van der Waals surface area contributed by atoms with Gasteiger partial charge < -0.3 is 10.5 Å². The maximum atomic E-state index is 6.08. The van der Waals surface area contributed by atoms with Crippen molar-refractivity contribution in [2.45, 2.75) is 31.3 Å². The highest BCUT2D eigenvalue weighted by Gasteiger charge is 2.41. The number of rotatable bonds is 4. The molecule has 2 bridgehead atoms. The second-order valence-corrected chi connectivity index (χ2v) is 6.58. The SMILES string of the molecule is COc1ccc(Br)cc1C(CN)N1CC2CCC1C2. The van der Waals surface area contributed by atoms with Crippen LogP contribution in [0.2, 0.25) is 0 Å². The lowest BCUT2D eigenvalue weighted by molar-refractivity contribution is 0.150. The summed E-state index contributed by atoms with van der Waals surface area (Å²) in [4.78, 5) is 2.60. The number of nitrogens with zero attached hydrogens (tertiary/aromatic N) is 1. The predicted octanol–water partition coefficient (Wildman–Crippen LogP) is 2.94. The van der Waals surface area contributed by atoms with Gasteiger partial charge in [-0.1, -0.05) is 15.9 Å². The van der Waals surface area contributed by atoms with Crippen LogP contribution in [0.4, 0.5) is 0 Å². The van der Waals surface area contributed by atoms with Gasteiger partial charge in [-0.15, -0.1) is 0 Å². The minimum atomic E-state index is 0.280. The normalized spacial score (nSPS) is 27.7. The zero-order valence-corrected chi connectivity index (χ0v) is 12.9. The fraction of sp³-hybridized carbons (Fsp3) is 0.600. The Morgan fingerprint density at radius 1 is 1.47 bits per heavy atom. The summed E-state index contributed by atoms with van der Waals surface area (Å²) in [5, 5.41) is 0. The number of hydrogen-bond acceptors (Lipinski definition) is 3. The van der Waals surface area contributed by atoms with Crippen molar-refractivity contribution in [1.82, 2.24) is 4.90 Å². The smallest absolute Gasteiger partial charge is 0.123 e. The summed E-state index contributed by atoms with van der Waals surface area (Å²) in [6.07, 6.45) is 4.08. The number of hydrogen-bond donors (Lipinski definition) is 1. The van der Waals surface area contributed by atoms with Crippen LogP contribution < -0.4 is 10.5 Å². The fourth-order valence-corrected chi connectivity index (χ4v) is 4.13. The van der Waals surface area contributed by atoms with Gasteiger partial charge in [-0.3, -0.25) is 4.90 Å². The number of piperidine rings is 1. The molecule has 1 aromatic carbocycles. The number of ether oxygens (including phenoxy) is 1. The number of fused-ring (bicyclic) bond motifs is 2. The zero-order chi connectivity index (χ0) is 13.4. The van der Waals surface area contributed by atoms with Gasteiger partial charge in [-0.25, -0.2) is 0 Å². The van der Waals surface area contributed by atoms with Gasteiger partial charge in [0.1, 0.15) is 5.75 Å². The Morgan fingerprint density at radius 3 is 2.89 bits per heavy atom. The van der Waals surface area contributed by atoms with E-state index >= 15 is 0 Å². The van der Waals surface area contributed by atoms with Crippen LogP contribution in [0, 0.1) is 5.92 Å². The molecule has 2 aliphatic rings. The van der Waals surface area contributed by atoms with Gasteiger partial charge in [0.15, 0.2) is 0 Å². The Balaban J connectivity index is 1.91. The van der Waals surface area contributed by atoms with Gasteiger partial charge in [-0.2, -0.15) is 0 Å². The minimum absolute atomic E-state index is 0.280. The van der Waals surface area contributed by atoms with Crippen LogP contribution in [0.15, 0.2) is 22.7 Å². The van der Waals surface area contributed by atoms with E-state index in [0.29, 0.717) is 6.54 Å². The molecule has 1 saturated carbocycles. The first kappa shape index (κ1) is 13.4. The van der Waals surface area contributed by atoms with Crippen molar-refractivity contribution in [3.63, 3.8) is 0 Å². The van der Waals surface area contributed by atoms with Crippen LogP contribution in [-0.4, -0.2) is 31.1 Å². The van der Waals surface area contributed by atoms with Gasteiger partial charge in [0, 0.05) is 29.2 Å². The first-order valence-electron chi connectivity index (χ1n) is 7.02. The third-order valence-electron chi connectivity index (χ3n) is 4.63. The number of nitrogens with two attached hydrogens (primary N) is 1. The van der Waals surface area contributed by atoms with Gasteiger partial charge in [0.2, 0.25) is 0 Å². The maximum Gasteiger partial charge on any atom is 0.123 e.